The Morgan fingerprint density at radius 1 is 0.750 bits per heavy atom. The minimum Gasteiger partial charge on any atom is -0.495 e. The first kappa shape index (κ1) is 29.6. The first-order chi connectivity index (χ1) is 21.7. The van der Waals surface area contributed by atoms with E-state index in [1.807, 2.05) is 41.3 Å². The van der Waals surface area contributed by atoms with Gasteiger partial charge >= 0.3 is 0 Å². The number of unbranched alkanes of at least 4 members (excludes halogenated alkanes) is 1. The monoisotopic (exact) mass is 602 g/mol. The summed E-state index contributed by atoms with van der Waals surface area (Å²) in [6, 6.07) is 39.5. The molecule has 0 radical (unpaired) electrons. The van der Waals surface area contributed by atoms with Gasteiger partial charge in [-0.25, -0.2) is 4.98 Å². The Hall–Kier alpha value is -4.49. The van der Waals surface area contributed by atoms with Crippen LogP contribution in [0.2, 0.25) is 0 Å². The highest BCUT2D eigenvalue weighted by Crippen LogP contribution is 2.38. The van der Waals surface area contributed by atoms with Crippen LogP contribution in [0.1, 0.15) is 19.3 Å². The quantitative estimate of drug-likeness (QED) is 0.114. The molecule has 2 heterocycles. The van der Waals surface area contributed by atoms with Crippen molar-refractivity contribution in [1.82, 2.24) is 14.5 Å². The van der Waals surface area contributed by atoms with E-state index in [1.54, 1.807) is 18.9 Å². The van der Waals surface area contributed by atoms with Crippen molar-refractivity contribution < 1.29 is 9.53 Å². The molecule has 4 aromatic carbocycles. The molecule has 1 amide bonds. The Kier molecular flexibility index (Phi) is 9.63. The molecule has 5 aromatic rings. The van der Waals surface area contributed by atoms with Gasteiger partial charge in [0.2, 0.25) is 5.91 Å². The molecule has 6 nitrogen and oxygen atoms in total. The smallest absolute Gasteiger partial charge is 0.222 e. The van der Waals surface area contributed by atoms with Gasteiger partial charge in [-0.2, -0.15) is 0 Å². The lowest BCUT2D eigenvalue weighted by atomic mass is 10.0. The van der Waals surface area contributed by atoms with Gasteiger partial charge < -0.3 is 14.5 Å². The first-order valence-electron chi connectivity index (χ1n) is 15.3. The minimum absolute atomic E-state index is 0.248. The molecule has 7 heteroatoms. The Morgan fingerprint density at radius 3 is 2.05 bits per heavy atom. The second-order valence-electron chi connectivity index (χ2n) is 10.8. The predicted molar refractivity (Wildman–Crippen MR) is 181 cm³/mol. The van der Waals surface area contributed by atoms with Crippen LogP contribution in [-0.2, 0) is 4.79 Å². The van der Waals surface area contributed by atoms with E-state index < -0.39 is 0 Å². The summed E-state index contributed by atoms with van der Waals surface area (Å²) in [7, 11) is 1.70. The topological polar surface area (TPSA) is 50.6 Å². The molecule has 0 unspecified atom stereocenters. The summed E-state index contributed by atoms with van der Waals surface area (Å²) in [5.41, 5.74) is 6.48. The molecule has 0 saturated carbocycles. The second kappa shape index (κ2) is 14.3. The molecule has 0 spiro atoms. The van der Waals surface area contributed by atoms with Crippen molar-refractivity contribution in [1.29, 1.82) is 0 Å². The molecular formula is C37H38N4O2S. The number of rotatable bonds is 11. The van der Waals surface area contributed by atoms with Crippen molar-refractivity contribution in [3.05, 3.63) is 115 Å². The van der Waals surface area contributed by atoms with Crippen LogP contribution in [0.15, 0.2) is 120 Å². The molecule has 0 atom stereocenters. The Bertz CT molecular complexity index is 1650. The molecule has 6 rings (SSSR count). The summed E-state index contributed by atoms with van der Waals surface area (Å²) < 4.78 is 7.82. The molecule has 44 heavy (non-hydrogen) atoms. The van der Waals surface area contributed by atoms with E-state index in [9.17, 15) is 4.79 Å². The molecule has 1 fully saturated rings. The fourth-order valence-corrected chi connectivity index (χ4v) is 6.77. The summed E-state index contributed by atoms with van der Waals surface area (Å²) >= 11 is 1.76. The van der Waals surface area contributed by atoms with Crippen molar-refractivity contribution in [2.75, 3.05) is 43.9 Å². The lowest BCUT2D eigenvalue weighted by Gasteiger charge is -2.36. The fraction of sp³-hybridized carbons (Fsp3) is 0.243. The van der Waals surface area contributed by atoms with Crippen LogP contribution in [0.4, 0.5) is 5.69 Å². The van der Waals surface area contributed by atoms with Gasteiger partial charge in [0.25, 0.3) is 0 Å². The standard InChI is InChI=1S/C37H38N4O2S/c1-43-33-22-12-11-21-32(33)39-24-26-40(27-25-39)34(42)23-13-14-28-44-37-38-35(29-15-5-2-6-16-29)36(30-17-7-3-8-18-30)41(37)31-19-9-4-10-20-31/h2-12,15-22H,13-14,23-28H2,1H3. The van der Waals surface area contributed by atoms with E-state index in [4.69, 9.17) is 9.72 Å². The second-order valence-corrected chi connectivity index (χ2v) is 11.9. The van der Waals surface area contributed by atoms with Crippen molar-refractivity contribution in [3.63, 3.8) is 0 Å². The van der Waals surface area contributed by atoms with Gasteiger partial charge in [-0.15, -0.1) is 0 Å². The van der Waals surface area contributed by atoms with Crippen molar-refractivity contribution in [2.24, 2.45) is 0 Å². The predicted octanol–water partition coefficient (Wildman–Crippen LogP) is 7.83. The van der Waals surface area contributed by atoms with Crippen molar-refractivity contribution in [2.45, 2.75) is 24.4 Å². The molecule has 1 saturated heterocycles. The van der Waals surface area contributed by atoms with Gasteiger partial charge in [0.15, 0.2) is 5.16 Å². The number of methoxy groups -OCH3 is 1. The van der Waals surface area contributed by atoms with Crippen molar-refractivity contribution in [3.8, 4) is 34.0 Å². The van der Waals surface area contributed by atoms with Crippen LogP contribution >= 0.6 is 11.8 Å². The number of piperazine rings is 1. The maximum absolute atomic E-state index is 13.1. The number of thioether (sulfide) groups is 1. The highest BCUT2D eigenvalue weighted by atomic mass is 32.2. The Morgan fingerprint density at radius 2 is 1.36 bits per heavy atom. The maximum atomic E-state index is 13.1. The van der Waals surface area contributed by atoms with Crippen LogP contribution in [-0.4, -0.2) is 59.4 Å². The summed E-state index contributed by atoms with van der Waals surface area (Å²) in [6.45, 7) is 3.12. The van der Waals surface area contributed by atoms with Crippen LogP contribution in [0.25, 0.3) is 28.2 Å². The third kappa shape index (κ3) is 6.68. The summed E-state index contributed by atoms with van der Waals surface area (Å²) in [4.78, 5) is 22.6. The summed E-state index contributed by atoms with van der Waals surface area (Å²) in [5, 5.41) is 0.965. The number of amides is 1. The van der Waals surface area contributed by atoms with E-state index >= 15 is 0 Å². The molecule has 0 bridgehead atoms. The number of nitrogens with zero attached hydrogens (tertiary/aromatic N) is 4. The average Bonchev–Trinajstić information content (AvgIpc) is 3.48. The average molecular weight is 603 g/mol. The van der Waals surface area contributed by atoms with Gasteiger partial charge in [0.05, 0.1) is 24.2 Å². The number of hydrogen-bond donors (Lipinski definition) is 0. The lowest BCUT2D eigenvalue weighted by molar-refractivity contribution is -0.131. The third-order valence-electron chi connectivity index (χ3n) is 8.03. The zero-order valence-corrected chi connectivity index (χ0v) is 26.0. The Labute approximate surface area is 264 Å². The van der Waals surface area contributed by atoms with Crippen LogP contribution < -0.4 is 9.64 Å². The van der Waals surface area contributed by atoms with Crippen LogP contribution in [0, 0.1) is 0 Å². The van der Waals surface area contributed by atoms with Gasteiger partial charge in [-0.05, 0) is 37.1 Å². The number of benzene rings is 4. The SMILES string of the molecule is COc1ccccc1N1CCN(C(=O)CCCCSc2nc(-c3ccccc3)c(-c3ccccc3)n2-c2ccccc2)CC1. The number of carbonyl (C=O) groups excluding carboxylic acids is 1. The maximum Gasteiger partial charge on any atom is 0.222 e. The number of carbonyl (C=O) groups is 1. The molecule has 1 aromatic heterocycles. The van der Waals surface area contributed by atoms with E-state index in [1.165, 1.54) is 0 Å². The van der Waals surface area contributed by atoms with E-state index in [2.05, 4.69) is 88.3 Å². The zero-order valence-electron chi connectivity index (χ0n) is 25.1. The van der Waals surface area contributed by atoms with Gasteiger partial charge in [-0.1, -0.05) is 103 Å². The van der Waals surface area contributed by atoms with Crippen molar-refractivity contribution >= 4 is 23.4 Å². The van der Waals surface area contributed by atoms with Gasteiger partial charge in [-0.3, -0.25) is 9.36 Å². The molecule has 0 N–H and O–H groups in total. The minimum atomic E-state index is 0.248. The number of hydrogen-bond acceptors (Lipinski definition) is 5. The number of anilines is 1. The van der Waals surface area contributed by atoms with Crippen LogP contribution in [0.3, 0.4) is 0 Å². The fourth-order valence-electron chi connectivity index (χ4n) is 5.76. The number of imidazole rings is 1. The number of ether oxygens (including phenoxy) is 1. The molecule has 224 valence electrons. The van der Waals surface area contributed by atoms with E-state index in [0.717, 1.165) is 89.6 Å². The summed E-state index contributed by atoms with van der Waals surface area (Å²) in [5.74, 6) is 2.02. The highest BCUT2D eigenvalue weighted by molar-refractivity contribution is 7.99. The largest absolute Gasteiger partial charge is 0.495 e. The molecule has 1 aliphatic rings. The van der Waals surface area contributed by atoms with E-state index in [0.29, 0.717) is 6.42 Å². The first-order valence-corrected chi connectivity index (χ1v) is 16.3. The number of aromatic nitrogens is 2. The molecule has 1 aliphatic heterocycles. The normalized spacial score (nSPS) is 13.2. The highest BCUT2D eigenvalue weighted by Gasteiger charge is 2.24. The zero-order chi connectivity index (χ0) is 30.1. The summed E-state index contributed by atoms with van der Waals surface area (Å²) in [6.07, 6.45) is 2.38. The number of para-hydroxylation sites is 3. The van der Waals surface area contributed by atoms with Gasteiger partial charge in [0.1, 0.15) is 5.75 Å². The van der Waals surface area contributed by atoms with E-state index in [-0.39, 0.29) is 5.91 Å². The Balaban J connectivity index is 1.11. The third-order valence-corrected chi connectivity index (χ3v) is 9.05. The lowest BCUT2D eigenvalue weighted by Crippen LogP contribution is -2.48. The molecule has 0 aliphatic carbocycles. The molecular weight excluding hydrogens is 565 g/mol. The van der Waals surface area contributed by atoms with Gasteiger partial charge in [0, 0.05) is 55.2 Å². The van der Waals surface area contributed by atoms with Crippen LogP contribution in [0.5, 0.6) is 5.75 Å².